The Morgan fingerprint density at radius 2 is 2.11 bits per heavy atom. The van der Waals surface area contributed by atoms with Crippen LogP contribution in [0.15, 0.2) is 24.3 Å². The Morgan fingerprint density at radius 3 is 2.61 bits per heavy atom. The maximum absolute atomic E-state index is 11.4. The molecule has 18 heavy (non-hydrogen) atoms. The zero-order valence-corrected chi connectivity index (χ0v) is 10.0. The van der Waals surface area contributed by atoms with Gasteiger partial charge in [-0.15, -0.1) is 0 Å². The minimum Gasteiger partial charge on any atom is -0.428 e. The SMILES string of the molecule is CC1(C)CC(=O)OC1(O)c1cccc([N+](=O)[O-])c1. The Kier molecular flexibility index (Phi) is 2.62. The van der Waals surface area contributed by atoms with Crippen LogP contribution in [0.3, 0.4) is 0 Å². The molecule has 1 atom stereocenters. The molecule has 0 bridgehead atoms. The highest BCUT2D eigenvalue weighted by atomic mass is 16.7. The van der Waals surface area contributed by atoms with E-state index in [1.54, 1.807) is 13.8 Å². The molecule has 0 aromatic heterocycles. The molecule has 1 heterocycles. The normalized spacial score (nSPS) is 25.8. The number of nitrogens with zero attached hydrogens (tertiary/aromatic N) is 1. The van der Waals surface area contributed by atoms with Crippen molar-refractivity contribution in [1.29, 1.82) is 0 Å². The fraction of sp³-hybridized carbons (Fsp3) is 0.417. The van der Waals surface area contributed by atoms with Gasteiger partial charge in [-0.2, -0.15) is 0 Å². The lowest BCUT2D eigenvalue weighted by atomic mass is 9.79. The second-order valence-electron chi connectivity index (χ2n) is 4.99. The van der Waals surface area contributed by atoms with Gasteiger partial charge in [0.25, 0.3) is 5.69 Å². The molecule has 96 valence electrons. The molecule has 0 amide bonds. The molecule has 0 spiro atoms. The highest BCUT2D eigenvalue weighted by Gasteiger charge is 2.55. The third kappa shape index (κ3) is 1.74. The quantitative estimate of drug-likeness (QED) is 0.491. The lowest BCUT2D eigenvalue weighted by Gasteiger charge is -2.33. The summed E-state index contributed by atoms with van der Waals surface area (Å²) in [7, 11) is 0. The van der Waals surface area contributed by atoms with Gasteiger partial charge < -0.3 is 9.84 Å². The predicted molar refractivity (Wildman–Crippen MR) is 61.5 cm³/mol. The van der Waals surface area contributed by atoms with E-state index in [2.05, 4.69) is 0 Å². The molecule has 0 radical (unpaired) electrons. The van der Waals surface area contributed by atoms with Crippen molar-refractivity contribution in [1.82, 2.24) is 0 Å². The number of hydrogen-bond donors (Lipinski definition) is 1. The van der Waals surface area contributed by atoms with Gasteiger partial charge in [-0.05, 0) is 0 Å². The van der Waals surface area contributed by atoms with Gasteiger partial charge in [0.05, 0.1) is 11.3 Å². The monoisotopic (exact) mass is 251 g/mol. The van der Waals surface area contributed by atoms with Crippen LogP contribution in [-0.2, 0) is 15.3 Å². The van der Waals surface area contributed by atoms with E-state index in [0.29, 0.717) is 0 Å². The van der Waals surface area contributed by atoms with Gasteiger partial charge in [0.2, 0.25) is 5.79 Å². The molecule has 1 aliphatic heterocycles. The molecular formula is C12H13NO5. The molecule has 1 aromatic rings. The van der Waals surface area contributed by atoms with Crippen molar-refractivity contribution in [2.24, 2.45) is 5.41 Å². The largest absolute Gasteiger partial charge is 0.428 e. The maximum atomic E-state index is 11.4. The predicted octanol–water partition coefficient (Wildman–Crippen LogP) is 1.71. The molecule has 1 N–H and O–H groups in total. The molecular weight excluding hydrogens is 238 g/mol. The van der Waals surface area contributed by atoms with Crippen molar-refractivity contribution in [3.8, 4) is 0 Å². The zero-order valence-electron chi connectivity index (χ0n) is 10.0. The molecule has 1 fully saturated rings. The first-order valence-corrected chi connectivity index (χ1v) is 5.45. The average Bonchev–Trinajstić information content (AvgIpc) is 2.48. The first-order valence-electron chi connectivity index (χ1n) is 5.45. The van der Waals surface area contributed by atoms with E-state index in [1.807, 2.05) is 0 Å². The van der Waals surface area contributed by atoms with Gasteiger partial charge >= 0.3 is 5.97 Å². The molecule has 1 unspecified atom stereocenters. The van der Waals surface area contributed by atoms with Gasteiger partial charge in [-0.1, -0.05) is 26.0 Å². The number of carbonyl (C=O) groups excluding carboxylic acids is 1. The second-order valence-corrected chi connectivity index (χ2v) is 4.99. The maximum Gasteiger partial charge on any atom is 0.309 e. The molecule has 1 saturated heterocycles. The number of aliphatic hydroxyl groups is 1. The van der Waals surface area contributed by atoms with E-state index < -0.39 is 22.1 Å². The summed E-state index contributed by atoms with van der Waals surface area (Å²) in [6.45, 7) is 3.35. The summed E-state index contributed by atoms with van der Waals surface area (Å²) in [5.74, 6) is -2.34. The highest BCUT2D eigenvalue weighted by molar-refractivity contribution is 5.74. The minimum absolute atomic E-state index is 0.0617. The van der Waals surface area contributed by atoms with Crippen LogP contribution in [0.2, 0.25) is 0 Å². The van der Waals surface area contributed by atoms with Gasteiger partial charge in [-0.25, -0.2) is 0 Å². The summed E-state index contributed by atoms with van der Waals surface area (Å²) in [6.07, 6.45) is 0.0617. The lowest BCUT2D eigenvalue weighted by Crippen LogP contribution is -2.38. The van der Waals surface area contributed by atoms with Gasteiger partial charge in [0, 0.05) is 23.1 Å². The van der Waals surface area contributed by atoms with Crippen molar-refractivity contribution in [2.75, 3.05) is 0 Å². The van der Waals surface area contributed by atoms with E-state index >= 15 is 0 Å². The summed E-state index contributed by atoms with van der Waals surface area (Å²) in [4.78, 5) is 21.5. The number of nitro groups is 1. The fourth-order valence-corrected chi connectivity index (χ4v) is 2.10. The number of carbonyl (C=O) groups is 1. The van der Waals surface area contributed by atoms with Gasteiger partial charge in [0.15, 0.2) is 0 Å². The van der Waals surface area contributed by atoms with E-state index in [-0.39, 0.29) is 17.7 Å². The van der Waals surface area contributed by atoms with Crippen LogP contribution in [0.5, 0.6) is 0 Å². The van der Waals surface area contributed by atoms with E-state index in [0.717, 1.165) is 0 Å². The Hall–Kier alpha value is -1.95. The zero-order chi connectivity index (χ0) is 13.6. The van der Waals surface area contributed by atoms with Crippen LogP contribution < -0.4 is 0 Å². The Bertz CT molecular complexity index is 525. The average molecular weight is 251 g/mol. The number of benzene rings is 1. The summed E-state index contributed by atoms with van der Waals surface area (Å²) in [6, 6.07) is 5.50. The number of hydrogen-bond acceptors (Lipinski definition) is 5. The molecule has 1 aromatic carbocycles. The summed E-state index contributed by atoms with van der Waals surface area (Å²) in [5.41, 5.74) is -0.772. The Morgan fingerprint density at radius 1 is 1.44 bits per heavy atom. The Labute approximate surface area is 103 Å². The third-order valence-electron chi connectivity index (χ3n) is 3.21. The highest BCUT2D eigenvalue weighted by Crippen LogP contribution is 2.49. The Balaban J connectivity index is 2.51. The first kappa shape index (κ1) is 12.5. The number of ether oxygens (including phenoxy) is 1. The van der Waals surface area contributed by atoms with E-state index in [9.17, 15) is 20.0 Å². The number of rotatable bonds is 2. The van der Waals surface area contributed by atoms with Crippen molar-refractivity contribution in [3.05, 3.63) is 39.9 Å². The van der Waals surface area contributed by atoms with E-state index in [1.165, 1.54) is 24.3 Å². The smallest absolute Gasteiger partial charge is 0.309 e. The van der Waals surface area contributed by atoms with E-state index in [4.69, 9.17) is 4.74 Å². The van der Waals surface area contributed by atoms with Gasteiger partial charge in [0.1, 0.15) is 0 Å². The van der Waals surface area contributed by atoms with Crippen LogP contribution in [0, 0.1) is 15.5 Å². The van der Waals surface area contributed by atoms with Gasteiger partial charge in [-0.3, -0.25) is 14.9 Å². The summed E-state index contributed by atoms with van der Waals surface area (Å²) in [5, 5.41) is 21.2. The third-order valence-corrected chi connectivity index (χ3v) is 3.21. The molecule has 0 aliphatic carbocycles. The van der Waals surface area contributed by atoms with Crippen LogP contribution >= 0.6 is 0 Å². The summed E-state index contributed by atoms with van der Waals surface area (Å²) >= 11 is 0. The topological polar surface area (TPSA) is 89.7 Å². The second kappa shape index (κ2) is 3.78. The van der Waals surface area contributed by atoms with Crippen molar-refractivity contribution < 1.29 is 19.6 Å². The minimum atomic E-state index is -1.82. The number of cyclic esters (lactones) is 1. The molecule has 1 aliphatic rings. The fourth-order valence-electron chi connectivity index (χ4n) is 2.10. The first-order chi connectivity index (χ1) is 8.26. The molecule has 0 saturated carbocycles. The summed E-state index contributed by atoms with van der Waals surface area (Å²) < 4.78 is 4.98. The van der Waals surface area contributed by atoms with Crippen LogP contribution in [0.1, 0.15) is 25.8 Å². The lowest BCUT2D eigenvalue weighted by molar-refractivity contribution is -0.385. The van der Waals surface area contributed by atoms with Crippen LogP contribution in [0.4, 0.5) is 5.69 Å². The van der Waals surface area contributed by atoms with Crippen molar-refractivity contribution in [2.45, 2.75) is 26.1 Å². The standard InChI is InChI=1S/C12H13NO5/c1-11(2)7-10(14)18-12(11,15)8-4-3-5-9(6-8)13(16)17/h3-6,15H,7H2,1-2H3. The molecule has 2 rings (SSSR count). The van der Waals surface area contributed by atoms with Crippen LogP contribution in [0.25, 0.3) is 0 Å². The van der Waals surface area contributed by atoms with Crippen molar-refractivity contribution in [3.63, 3.8) is 0 Å². The number of non-ortho nitro benzene ring substituents is 1. The number of nitro benzene ring substituents is 1. The van der Waals surface area contributed by atoms with Crippen molar-refractivity contribution >= 4 is 11.7 Å². The molecule has 6 heteroatoms. The van der Waals surface area contributed by atoms with Crippen LogP contribution in [-0.4, -0.2) is 16.0 Å². The molecule has 6 nitrogen and oxygen atoms in total. The number of esters is 1.